The summed E-state index contributed by atoms with van der Waals surface area (Å²) in [5.41, 5.74) is 5.11. The Morgan fingerprint density at radius 3 is 2.74 bits per heavy atom. The highest BCUT2D eigenvalue weighted by Gasteiger charge is 2.24. The minimum atomic E-state index is -0.146. The molecule has 6 nitrogen and oxygen atoms in total. The molecular formula is C28H32ClN5O. The summed E-state index contributed by atoms with van der Waals surface area (Å²) in [5, 5.41) is 16.2. The van der Waals surface area contributed by atoms with Gasteiger partial charge in [0.1, 0.15) is 0 Å². The molecule has 5 rings (SSSR count). The van der Waals surface area contributed by atoms with Crippen LogP contribution >= 0.6 is 12.4 Å². The van der Waals surface area contributed by atoms with Gasteiger partial charge < -0.3 is 10.6 Å². The lowest BCUT2D eigenvalue weighted by Crippen LogP contribution is -2.40. The van der Waals surface area contributed by atoms with Gasteiger partial charge in [0, 0.05) is 24.5 Å². The van der Waals surface area contributed by atoms with Crippen molar-refractivity contribution in [1.29, 1.82) is 5.26 Å². The van der Waals surface area contributed by atoms with E-state index in [1.165, 1.54) is 30.4 Å². The first-order chi connectivity index (χ1) is 16.7. The fourth-order valence-electron chi connectivity index (χ4n) is 5.32. The highest BCUT2D eigenvalue weighted by atomic mass is 35.5. The van der Waals surface area contributed by atoms with Crippen LogP contribution in [0.4, 0.5) is 10.5 Å². The Bertz CT molecular complexity index is 1220. The van der Waals surface area contributed by atoms with Crippen LogP contribution in [0.5, 0.6) is 0 Å². The molecule has 1 saturated carbocycles. The molecule has 1 aliphatic carbocycles. The summed E-state index contributed by atoms with van der Waals surface area (Å²) in [6, 6.07) is 18.3. The zero-order valence-electron chi connectivity index (χ0n) is 19.9. The third kappa shape index (κ3) is 6.30. The first-order valence-corrected chi connectivity index (χ1v) is 12.3. The molecule has 2 heterocycles. The second-order valence-corrected chi connectivity index (χ2v) is 9.64. The number of nitriles is 1. The first kappa shape index (κ1) is 25.0. The number of benzene rings is 2. The van der Waals surface area contributed by atoms with Crippen molar-refractivity contribution >= 4 is 35.0 Å². The van der Waals surface area contributed by atoms with Gasteiger partial charge in [-0.2, -0.15) is 5.26 Å². The number of nitrogens with one attached hydrogen (secondary N) is 2. The van der Waals surface area contributed by atoms with Gasteiger partial charge in [0.05, 0.1) is 29.0 Å². The van der Waals surface area contributed by atoms with Crippen LogP contribution in [0.3, 0.4) is 0 Å². The molecule has 35 heavy (non-hydrogen) atoms. The summed E-state index contributed by atoms with van der Waals surface area (Å²) < 4.78 is 0. The minimum absolute atomic E-state index is 0. The number of amides is 2. The van der Waals surface area contributed by atoms with E-state index >= 15 is 0 Å². The molecule has 0 saturated heterocycles. The first-order valence-electron chi connectivity index (χ1n) is 12.3. The lowest BCUT2D eigenvalue weighted by molar-refractivity contribution is 0.205. The van der Waals surface area contributed by atoms with Crippen molar-refractivity contribution in [2.75, 3.05) is 18.4 Å². The largest absolute Gasteiger partial charge is 0.335 e. The molecule has 2 N–H and O–H groups in total. The summed E-state index contributed by atoms with van der Waals surface area (Å²) in [4.78, 5) is 19.5. The number of pyridine rings is 1. The molecule has 2 aliphatic rings. The average molecular weight is 490 g/mol. The Kier molecular flexibility index (Phi) is 8.22. The Balaban J connectivity index is 0.00000289. The lowest BCUT2D eigenvalue weighted by Gasteiger charge is -2.33. The van der Waals surface area contributed by atoms with E-state index in [0.717, 1.165) is 67.0 Å². The molecule has 7 heteroatoms. The molecule has 1 aliphatic heterocycles. The number of hydrogen-bond acceptors (Lipinski definition) is 4. The zero-order chi connectivity index (χ0) is 23.3. The maximum atomic E-state index is 12.5. The van der Waals surface area contributed by atoms with Crippen molar-refractivity contribution in [3.05, 3.63) is 71.4 Å². The molecule has 0 bridgehead atoms. The second-order valence-electron chi connectivity index (χ2n) is 9.64. The minimum Gasteiger partial charge on any atom is -0.335 e. The Morgan fingerprint density at radius 1 is 1.09 bits per heavy atom. The molecule has 0 unspecified atom stereocenters. The molecule has 182 valence electrons. The van der Waals surface area contributed by atoms with E-state index < -0.39 is 0 Å². The number of rotatable bonds is 5. The number of carbonyl (C=O) groups excluding carboxylic acids is 1. The number of nitrogens with zero attached hydrogens (tertiary/aromatic N) is 3. The highest BCUT2D eigenvalue weighted by molar-refractivity contribution is 5.92. The second kappa shape index (κ2) is 11.5. The number of urea groups is 1. The molecule has 2 amide bonds. The van der Waals surface area contributed by atoms with Crippen LogP contribution in [0, 0.1) is 17.2 Å². The van der Waals surface area contributed by atoms with E-state index in [2.05, 4.69) is 32.7 Å². The van der Waals surface area contributed by atoms with Gasteiger partial charge in [-0.25, -0.2) is 4.79 Å². The molecule has 3 aromatic rings. The van der Waals surface area contributed by atoms with Crippen molar-refractivity contribution in [3.8, 4) is 6.07 Å². The number of aromatic nitrogens is 1. The monoisotopic (exact) mass is 489 g/mol. The van der Waals surface area contributed by atoms with Crippen LogP contribution in [0.15, 0.2) is 54.7 Å². The van der Waals surface area contributed by atoms with Crippen molar-refractivity contribution in [2.45, 2.75) is 51.1 Å². The highest BCUT2D eigenvalue weighted by Crippen LogP contribution is 2.28. The lowest BCUT2D eigenvalue weighted by atomic mass is 9.84. The molecular weight excluding hydrogens is 458 g/mol. The molecule has 0 spiro atoms. The van der Waals surface area contributed by atoms with Crippen LogP contribution < -0.4 is 10.6 Å². The maximum Gasteiger partial charge on any atom is 0.319 e. The topological polar surface area (TPSA) is 81.0 Å². The van der Waals surface area contributed by atoms with Gasteiger partial charge in [-0.3, -0.25) is 9.88 Å². The van der Waals surface area contributed by atoms with Gasteiger partial charge in [0.15, 0.2) is 0 Å². The van der Waals surface area contributed by atoms with E-state index in [1.807, 2.05) is 42.5 Å². The van der Waals surface area contributed by atoms with Crippen molar-refractivity contribution in [3.63, 3.8) is 0 Å². The number of fused-ring (bicyclic) bond motifs is 2. The van der Waals surface area contributed by atoms with Crippen LogP contribution in [0.1, 0.15) is 48.8 Å². The van der Waals surface area contributed by atoms with Crippen LogP contribution in [0.2, 0.25) is 0 Å². The maximum absolute atomic E-state index is 12.5. The Morgan fingerprint density at radius 2 is 1.91 bits per heavy atom. The smallest absolute Gasteiger partial charge is 0.319 e. The van der Waals surface area contributed by atoms with Crippen LogP contribution in [-0.2, 0) is 13.0 Å². The molecule has 1 fully saturated rings. The Labute approximate surface area is 213 Å². The third-order valence-electron chi connectivity index (χ3n) is 7.31. The van der Waals surface area contributed by atoms with Gasteiger partial charge in [-0.15, -0.1) is 12.4 Å². The van der Waals surface area contributed by atoms with E-state index in [4.69, 9.17) is 5.26 Å². The molecule has 1 aromatic heterocycles. The van der Waals surface area contributed by atoms with Gasteiger partial charge >= 0.3 is 6.03 Å². The average Bonchev–Trinajstić information content (AvgIpc) is 2.87. The predicted octanol–water partition coefficient (Wildman–Crippen LogP) is 5.66. The summed E-state index contributed by atoms with van der Waals surface area (Å²) >= 11 is 0. The van der Waals surface area contributed by atoms with Crippen molar-refractivity contribution < 1.29 is 4.79 Å². The van der Waals surface area contributed by atoms with Crippen LogP contribution in [0.25, 0.3) is 10.9 Å². The molecule has 0 atom stereocenters. The third-order valence-corrected chi connectivity index (χ3v) is 7.31. The summed E-state index contributed by atoms with van der Waals surface area (Å²) in [7, 11) is 0. The van der Waals surface area contributed by atoms with E-state index in [-0.39, 0.29) is 24.5 Å². The van der Waals surface area contributed by atoms with Crippen LogP contribution in [-0.4, -0.2) is 35.0 Å². The van der Waals surface area contributed by atoms with Crippen molar-refractivity contribution in [2.24, 2.45) is 5.92 Å². The van der Waals surface area contributed by atoms with Gasteiger partial charge in [0.2, 0.25) is 0 Å². The summed E-state index contributed by atoms with van der Waals surface area (Å²) in [5.74, 6) is 0.730. The van der Waals surface area contributed by atoms with Crippen molar-refractivity contribution in [1.82, 2.24) is 15.2 Å². The fraction of sp³-hybridized carbons (Fsp3) is 0.393. The van der Waals surface area contributed by atoms with Gasteiger partial charge in [-0.05, 0) is 86.4 Å². The quantitative estimate of drug-likeness (QED) is 0.484. The predicted molar refractivity (Wildman–Crippen MR) is 142 cm³/mol. The number of halogens is 1. The Hall–Kier alpha value is -3.14. The van der Waals surface area contributed by atoms with Gasteiger partial charge in [0.25, 0.3) is 0 Å². The summed E-state index contributed by atoms with van der Waals surface area (Å²) in [6.07, 6.45) is 8.36. The van der Waals surface area contributed by atoms with E-state index in [9.17, 15) is 4.79 Å². The fourth-order valence-corrected chi connectivity index (χ4v) is 5.32. The SMILES string of the molecule is Cl.N#Cc1ccc2c(c1)CCN(CCC1CCC(NC(=O)Nc3cnc4ccccc4c3)CC1)C2. The van der Waals surface area contributed by atoms with E-state index in [0.29, 0.717) is 0 Å². The number of carbonyl (C=O) groups is 1. The number of para-hydroxylation sites is 1. The van der Waals surface area contributed by atoms with E-state index in [1.54, 1.807) is 6.20 Å². The summed E-state index contributed by atoms with van der Waals surface area (Å²) in [6.45, 7) is 3.18. The molecule has 2 aromatic carbocycles. The number of anilines is 1. The van der Waals surface area contributed by atoms with Gasteiger partial charge in [-0.1, -0.05) is 24.3 Å². The zero-order valence-corrected chi connectivity index (χ0v) is 20.7. The number of hydrogen-bond donors (Lipinski definition) is 2. The normalized spacial score (nSPS) is 19.7. The standard InChI is InChI=1S/C28H31N5O.ClH/c29-17-21-5-8-24-19-33(14-12-22(24)15-21)13-11-20-6-9-25(10-7-20)31-28(34)32-26-16-23-3-1-2-4-27(23)30-18-26;/h1-5,8,15-16,18,20,25H,6-7,9-14,19H2,(H2,31,32,34);1H. The molecule has 0 radical (unpaired) electrons.